The van der Waals surface area contributed by atoms with Gasteiger partial charge in [0, 0.05) is 25.3 Å². The van der Waals surface area contributed by atoms with Crippen LogP contribution in [0, 0.1) is 5.92 Å². The molecule has 3 heteroatoms. The average molecular weight is 249 g/mol. The van der Waals surface area contributed by atoms with Crippen LogP contribution in [0.2, 0.25) is 0 Å². The Balaban J connectivity index is 2.77. The number of rotatable bonds is 7. The van der Waals surface area contributed by atoms with Gasteiger partial charge in [0.1, 0.15) is 5.82 Å². The highest BCUT2D eigenvalue weighted by molar-refractivity contribution is 5.31. The van der Waals surface area contributed by atoms with Crippen molar-refractivity contribution < 1.29 is 0 Å². The summed E-state index contributed by atoms with van der Waals surface area (Å²) in [6, 6.07) is 4.70. The normalized spacial score (nSPS) is 11.7. The quantitative estimate of drug-likeness (QED) is 0.806. The number of hydrogen-bond acceptors (Lipinski definition) is 3. The lowest BCUT2D eigenvalue weighted by Crippen LogP contribution is -2.36. The standard InChI is InChI=1S/C15H27N3/c1-5-14(6-2)18(10-12(3)4)11-13-7-8-17-15(16)9-13/h7-9,12,14H,5-6,10-11H2,1-4H3,(H2,16,17). The summed E-state index contributed by atoms with van der Waals surface area (Å²) in [5.41, 5.74) is 7.01. The minimum Gasteiger partial charge on any atom is -0.384 e. The maximum Gasteiger partial charge on any atom is 0.123 e. The Morgan fingerprint density at radius 3 is 2.44 bits per heavy atom. The maximum atomic E-state index is 5.75. The van der Waals surface area contributed by atoms with Crippen molar-refractivity contribution in [3.05, 3.63) is 23.9 Å². The zero-order valence-electron chi connectivity index (χ0n) is 12.2. The molecule has 1 aromatic rings. The van der Waals surface area contributed by atoms with E-state index in [1.807, 2.05) is 6.07 Å². The molecular weight excluding hydrogens is 222 g/mol. The van der Waals surface area contributed by atoms with Crippen LogP contribution in [0.4, 0.5) is 5.82 Å². The Labute approximate surface area is 111 Å². The van der Waals surface area contributed by atoms with Crippen LogP contribution < -0.4 is 5.73 Å². The van der Waals surface area contributed by atoms with Gasteiger partial charge in [0.05, 0.1) is 0 Å². The molecule has 1 aromatic heterocycles. The Kier molecular flexibility index (Phi) is 6.13. The summed E-state index contributed by atoms with van der Waals surface area (Å²) in [5, 5.41) is 0. The van der Waals surface area contributed by atoms with Crippen LogP contribution in [-0.4, -0.2) is 22.5 Å². The summed E-state index contributed by atoms with van der Waals surface area (Å²) in [5.74, 6) is 1.30. The predicted octanol–water partition coefficient (Wildman–Crippen LogP) is 3.31. The van der Waals surface area contributed by atoms with Crippen LogP contribution in [0.15, 0.2) is 18.3 Å². The van der Waals surface area contributed by atoms with E-state index in [2.05, 4.69) is 43.6 Å². The largest absolute Gasteiger partial charge is 0.384 e. The van der Waals surface area contributed by atoms with Crippen molar-refractivity contribution >= 4 is 5.82 Å². The molecule has 0 aromatic carbocycles. The molecule has 0 aliphatic heterocycles. The van der Waals surface area contributed by atoms with Crippen LogP contribution in [0.25, 0.3) is 0 Å². The van der Waals surface area contributed by atoms with Gasteiger partial charge in [0.2, 0.25) is 0 Å². The predicted molar refractivity (Wildman–Crippen MR) is 78.3 cm³/mol. The number of nitrogen functional groups attached to an aromatic ring is 1. The molecule has 0 atom stereocenters. The van der Waals surface area contributed by atoms with E-state index in [9.17, 15) is 0 Å². The molecule has 1 rings (SSSR count). The minimum absolute atomic E-state index is 0.613. The number of aromatic nitrogens is 1. The number of anilines is 1. The number of nitrogens with zero attached hydrogens (tertiary/aromatic N) is 2. The van der Waals surface area contributed by atoms with E-state index in [-0.39, 0.29) is 0 Å². The third-order valence-corrected chi connectivity index (χ3v) is 3.29. The fourth-order valence-corrected chi connectivity index (χ4v) is 2.44. The Bertz CT molecular complexity index is 345. The molecule has 102 valence electrons. The first-order valence-corrected chi connectivity index (χ1v) is 7.01. The van der Waals surface area contributed by atoms with Crippen LogP contribution in [-0.2, 0) is 6.54 Å². The minimum atomic E-state index is 0.613. The van der Waals surface area contributed by atoms with Crippen molar-refractivity contribution in [3.8, 4) is 0 Å². The molecule has 0 fully saturated rings. The highest BCUT2D eigenvalue weighted by Gasteiger charge is 2.16. The lowest BCUT2D eigenvalue weighted by atomic mass is 10.1. The van der Waals surface area contributed by atoms with Crippen molar-refractivity contribution in [2.75, 3.05) is 12.3 Å². The molecule has 0 bridgehead atoms. The van der Waals surface area contributed by atoms with Gasteiger partial charge >= 0.3 is 0 Å². The van der Waals surface area contributed by atoms with Gasteiger partial charge in [-0.1, -0.05) is 27.7 Å². The SMILES string of the molecule is CCC(CC)N(Cc1ccnc(N)c1)CC(C)C. The third kappa shape index (κ3) is 4.65. The first-order valence-electron chi connectivity index (χ1n) is 7.01. The molecule has 0 saturated heterocycles. The molecule has 0 saturated carbocycles. The van der Waals surface area contributed by atoms with Gasteiger partial charge < -0.3 is 5.73 Å². The van der Waals surface area contributed by atoms with E-state index < -0.39 is 0 Å². The average Bonchev–Trinajstić information content (AvgIpc) is 2.29. The second-order valence-electron chi connectivity index (χ2n) is 5.38. The fourth-order valence-electron chi connectivity index (χ4n) is 2.44. The molecule has 0 aliphatic rings. The van der Waals surface area contributed by atoms with E-state index in [1.54, 1.807) is 6.20 Å². The number of pyridine rings is 1. The highest BCUT2D eigenvalue weighted by atomic mass is 15.2. The van der Waals surface area contributed by atoms with Gasteiger partial charge in [-0.3, -0.25) is 4.90 Å². The van der Waals surface area contributed by atoms with Crippen LogP contribution >= 0.6 is 0 Å². The molecule has 0 radical (unpaired) electrons. The van der Waals surface area contributed by atoms with Crippen molar-refractivity contribution in [1.82, 2.24) is 9.88 Å². The van der Waals surface area contributed by atoms with E-state index >= 15 is 0 Å². The molecular formula is C15H27N3. The second-order valence-corrected chi connectivity index (χ2v) is 5.38. The molecule has 0 unspecified atom stereocenters. The first kappa shape index (κ1) is 15.0. The maximum absolute atomic E-state index is 5.75. The van der Waals surface area contributed by atoms with E-state index in [4.69, 9.17) is 5.73 Å². The first-order chi connectivity index (χ1) is 8.56. The van der Waals surface area contributed by atoms with Crippen LogP contribution in [0.3, 0.4) is 0 Å². The molecule has 0 amide bonds. The van der Waals surface area contributed by atoms with Crippen LogP contribution in [0.1, 0.15) is 46.1 Å². The Hall–Kier alpha value is -1.09. The summed E-state index contributed by atoms with van der Waals surface area (Å²) >= 11 is 0. The van der Waals surface area contributed by atoms with Gasteiger partial charge in [-0.05, 0) is 36.5 Å². The summed E-state index contributed by atoms with van der Waals surface area (Å²) < 4.78 is 0. The summed E-state index contributed by atoms with van der Waals surface area (Å²) in [4.78, 5) is 6.62. The van der Waals surface area contributed by atoms with Crippen molar-refractivity contribution in [2.45, 2.75) is 53.1 Å². The zero-order chi connectivity index (χ0) is 13.5. The van der Waals surface area contributed by atoms with Gasteiger partial charge in [-0.2, -0.15) is 0 Å². The number of nitrogens with two attached hydrogens (primary N) is 1. The molecule has 18 heavy (non-hydrogen) atoms. The Morgan fingerprint density at radius 2 is 1.94 bits per heavy atom. The summed E-state index contributed by atoms with van der Waals surface area (Å²) in [6.45, 7) is 11.2. The zero-order valence-corrected chi connectivity index (χ0v) is 12.2. The lowest BCUT2D eigenvalue weighted by molar-refractivity contribution is 0.157. The monoisotopic (exact) mass is 249 g/mol. The summed E-state index contributed by atoms with van der Waals surface area (Å²) in [7, 11) is 0. The third-order valence-electron chi connectivity index (χ3n) is 3.29. The van der Waals surface area contributed by atoms with Gasteiger partial charge in [-0.15, -0.1) is 0 Å². The molecule has 1 heterocycles. The van der Waals surface area contributed by atoms with Crippen molar-refractivity contribution in [3.63, 3.8) is 0 Å². The summed E-state index contributed by atoms with van der Waals surface area (Å²) in [6.07, 6.45) is 4.19. The van der Waals surface area contributed by atoms with Gasteiger partial charge in [-0.25, -0.2) is 4.98 Å². The smallest absolute Gasteiger partial charge is 0.123 e. The molecule has 3 nitrogen and oxygen atoms in total. The molecule has 2 N–H and O–H groups in total. The van der Waals surface area contributed by atoms with E-state index in [0.29, 0.717) is 17.8 Å². The second kappa shape index (κ2) is 7.37. The van der Waals surface area contributed by atoms with Crippen LogP contribution in [0.5, 0.6) is 0 Å². The lowest BCUT2D eigenvalue weighted by Gasteiger charge is -2.32. The van der Waals surface area contributed by atoms with Gasteiger partial charge in [0.15, 0.2) is 0 Å². The van der Waals surface area contributed by atoms with Crippen molar-refractivity contribution in [1.29, 1.82) is 0 Å². The fraction of sp³-hybridized carbons (Fsp3) is 0.667. The molecule has 0 spiro atoms. The molecule has 0 aliphatic carbocycles. The van der Waals surface area contributed by atoms with E-state index in [0.717, 1.165) is 13.1 Å². The number of hydrogen-bond donors (Lipinski definition) is 1. The van der Waals surface area contributed by atoms with E-state index in [1.165, 1.54) is 18.4 Å². The van der Waals surface area contributed by atoms with Crippen molar-refractivity contribution in [2.24, 2.45) is 5.92 Å². The topological polar surface area (TPSA) is 42.2 Å². The Morgan fingerprint density at radius 1 is 1.28 bits per heavy atom. The highest BCUT2D eigenvalue weighted by Crippen LogP contribution is 2.16. The van der Waals surface area contributed by atoms with Gasteiger partial charge in [0.25, 0.3) is 0 Å².